The zero-order chi connectivity index (χ0) is 11.1. The molecule has 15 heavy (non-hydrogen) atoms. The SMILES string of the molecule is CO/C=C/C(=O)C(=O)Oc1ccccc1. The van der Waals surface area contributed by atoms with Gasteiger partial charge in [0, 0.05) is 6.08 Å². The molecule has 0 N–H and O–H groups in total. The summed E-state index contributed by atoms with van der Waals surface area (Å²) in [5.74, 6) is -1.36. The summed E-state index contributed by atoms with van der Waals surface area (Å²) in [5, 5.41) is 0. The smallest absolute Gasteiger partial charge is 0.384 e. The van der Waals surface area contributed by atoms with Gasteiger partial charge in [-0.1, -0.05) is 18.2 Å². The van der Waals surface area contributed by atoms with Crippen LogP contribution in [0, 0.1) is 0 Å². The normalized spacial score (nSPS) is 9.93. The number of ether oxygens (including phenoxy) is 2. The number of carbonyl (C=O) groups is 2. The fourth-order valence-corrected chi connectivity index (χ4v) is 0.844. The average Bonchev–Trinajstić information content (AvgIpc) is 2.27. The van der Waals surface area contributed by atoms with Crippen LogP contribution in [0.1, 0.15) is 0 Å². The van der Waals surface area contributed by atoms with E-state index in [1.54, 1.807) is 30.3 Å². The van der Waals surface area contributed by atoms with E-state index in [2.05, 4.69) is 4.74 Å². The quantitative estimate of drug-likeness (QED) is 0.245. The fraction of sp³-hybridized carbons (Fsp3) is 0.0909. The molecule has 0 aromatic heterocycles. The van der Waals surface area contributed by atoms with Crippen LogP contribution in [-0.2, 0) is 14.3 Å². The topological polar surface area (TPSA) is 52.6 Å². The number of hydrogen-bond acceptors (Lipinski definition) is 4. The van der Waals surface area contributed by atoms with E-state index in [4.69, 9.17) is 4.74 Å². The van der Waals surface area contributed by atoms with Crippen LogP contribution >= 0.6 is 0 Å². The van der Waals surface area contributed by atoms with Crippen LogP contribution in [0.2, 0.25) is 0 Å². The van der Waals surface area contributed by atoms with E-state index in [1.807, 2.05) is 0 Å². The zero-order valence-electron chi connectivity index (χ0n) is 8.17. The number of para-hydroxylation sites is 1. The van der Waals surface area contributed by atoms with Crippen LogP contribution in [0.5, 0.6) is 5.75 Å². The highest BCUT2D eigenvalue weighted by atomic mass is 16.5. The van der Waals surface area contributed by atoms with E-state index in [0.717, 1.165) is 12.3 Å². The largest absolute Gasteiger partial charge is 0.504 e. The molecule has 0 saturated heterocycles. The summed E-state index contributed by atoms with van der Waals surface area (Å²) in [6.07, 6.45) is 2.12. The Morgan fingerprint density at radius 3 is 2.47 bits per heavy atom. The molecule has 0 atom stereocenters. The molecule has 0 radical (unpaired) electrons. The lowest BCUT2D eigenvalue weighted by molar-refractivity contribution is -0.144. The van der Waals surface area contributed by atoms with Crippen LogP contribution in [0.4, 0.5) is 0 Å². The first-order valence-corrected chi connectivity index (χ1v) is 4.24. The van der Waals surface area contributed by atoms with Gasteiger partial charge in [-0.25, -0.2) is 4.79 Å². The highest BCUT2D eigenvalue weighted by molar-refractivity contribution is 6.38. The highest BCUT2D eigenvalue weighted by Gasteiger charge is 2.12. The summed E-state index contributed by atoms with van der Waals surface area (Å²) >= 11 is 0. The minimum atomic E-state index is -0.936. The van der Waals surface area contributed by atoms with Crippen molar-refractivity contribution >= 4 is 11.8 Å². The summed E-state index contributed by atoms with van der Waals surface area (Å²) in [5.41, 5.74) is 0. The Morgan fingerprint density at radius 1 is 1.20 bits per heavy atom. The maximum Gasteiger partial charge on any atom is 0.384 e. The second kappa shape index (κ2) is 5.59. The average molecular weight is 206 g/mol. The predicted molar refractivity (Wildman–Crippen MR) is 53.2 cm³/mol. The Kier molecular flexibility index (Phi) is 4.09. The number of rotatable bonds is 4. The third-order valence-electron chi connectivity index (χ3n) is 1.51. The molecule has 1 aromatic carbocycles. The lowest BCUT2D eigenvalue weighted by Gasteiger charge is -1.99. The second-order valence-corrected chi connectivity index (χ2v) is 2.61. The van der Waals surface area contributed by atoms with Gasteiger partial charge in [0.15, 0.2) is 0 Å². The zero-order valence-corrected chi connectivity index (χ0v) is 8.17. The van der Waals surface area contributed by atoms with Crippen molar-refractivity contribution in [2.24, 2.45) is 0 Å². The minimum Gasteiger partial charge on any atom is -0.504 e. The Hall–Kier alpha value is -2.10. The molecule has 0 saturated carbocycles. The van der Waals surface area contributed by atoms with E-state index in [9.17, 15) is 9.59 Å². The second-order valence-electron chi connectivity index (χ2n) is 2.61. The van der Waals surface area contributed by atoms with E-state index >= 15 is 0 Å². The van der Waals surface area contributed by atoms with Crippen molar-refractivity contribution in [2.75, 3.05) is 7.11 Å². The molecule has 1 rings (SSSR count). The summed E-state index contributed by atoms with van der Waals surface area (Å²) in [6.45, 7) is 0. The number of hydrogen-bond donors (Lipinski definition) is 0. The first-order valence-electron chi connectivity index (χ1n) is 4.24. The summed E-state index contributed by atoms with van der Waals surface area (Å²) in [6, 6.07) is 8.37. The number of methoxy groups -OCH3 is 1. The number of esters is 1. The molecule has 0 unspecified atom stereocenters. The fourth-order valence-electron chi connectivity index (χ4n) is 0.844. The Morgan fingerprint density at radius 2 is 1.87 bits per heavy atom. The molecule has 4 nitrogen and oxygen atoms in total. The van der Waals surface area contributed by atoms with Gasteiger partial charge in [-0.05, 0) is 12.1 Å². The number of carbonyl (C=O) groups excluding carboxylic acids is 2. The standard InChI is InChI=1S/C11H10O4/c1-14-8-7-10(12)11(13)15-9-5-3-2-4-6-9/h2-8H,1H3/b8-7+. The third kappa shape index (κ3) is 3.64. The van der Waals surface area contributed by atoms with Crippen molar-refractivity contribution in [3.8, 4) is 5.75 Å². The molecule has 0 aliphatic rings. The maximum absolute atomic E-state index is 11.1. The molecule has 0 amide bonds. The van der Waals surface area contributed by atoms with Crippen molar-refractivity contribution in [3.63, 3.8) is 0 Å². The molecular formula is C11H10O4. The van der Waals surface area contributed by atoms with Gasteiger partial charge in [0.25, 0.3) is 5.78 Å². The van der Waals surface area contributed by atoms with Gasteiger partial charge in [0.2, 0.25) is 0 Å². The van der Waals surface area contributed by atoms with E-state index in [0.29, 0.717) is 5.75 Å². The minimum absolute atomic E-state index is 0.335. The third-order valence-corrected chi connectivity index (χ3v) is 1.51. The van der Waals surface area contributed by atoms with Crippen molar-refractivity contribution in [3.05, 3.63) is 42.7 Å². The summed E-state index contributed by atoms with van der Waals surface area (Å²) < 4.78 is 9.28. The van der Waals surface area contributed by atoms with Gasteiger partial charge in [0.05, 0.1) is 13.4 Å². The Bertz CT molecular complexity index is 367. The Labute approximate surface area is 87.1 Å². The molecule has 0 bridgehead atoms. The van der Waals surface area contributed by atoms with Gasteiger partial charge in [-0.3, -0.25) is 4.79 Å². The lowest BCUT2D eigenvalue weighted by Crippen LogP contribution is -2.18. The van der Waals surface area contributed by atoms with Gasteiger partial charge >= 0.3 is 5.97 Å². The van der Waals surface area contributed by atoms with Gasteiger partial charge < -0.3 is 9.47 Å². The molecule has 0 fully saturated rings. The lowest BCUT2D eigenvalue weighted by atomic mass is 10.3. The first kappa shape index (κ1) is 11.0. The van der Waals surface area contributed by atoms with E-state index < -0.39 is 11.8 Å². The summed E-state index contributed by atoms with van der Waals surface area (Å²) in [4.78, 5) is 22.2. The first-order chi connectivity index (χ1) is 7.24. The van der Waals surface area contributed by atoms with Crippen LogP contribution in [0.15, 0.2) is 42.7 Å². The molecule has 0 aliphatic heterocycles. The van der Waals surface area contributed by atoms with Crippen molar-refractivity contribution in [1.29, 1.82) is 0 Å². The molecule has 78 valence electrons. The van der Waals surface area contributed by atoms with Crippen LogP contribution in [0.3, 0.4) is 0 Å². The van der Waals surface area contributed by atoms with E-state index in [-0.39, 0.29) is 0 Å². The number of benzene rings is 1. The maximum atomic E-state index is 11.1. The van der Waals surface area contributed by atoms with Gasteiger partial charge in [-0.15, -0.1) is 0 Å². The van der Waals surface area contributed by atoms with E-state index in [1.165, 1.54) is 7.11 Å². The van der Waals surface area contributed by atoms with Gasteiger partial charge in [0.1, 0.15) is 5.75 Å². The highest BCUT2D eigenvalue weighted by Crippen LogP contribution is 2.08. The molecule has 1 aromatic rings. The Balaban J connectivity index is 2.57. The molecule has 0 heterocycles. The molecule has 0 spiro atoms. The van der Waals surface area contributed by atoms with Crippen LogP contribution in [-0.4, -0.2) is 18.9 Å². The predicted octanol–water partition coefficient (Wildman–Crippen LogP) is 1.32. The van der Waals surface area contributed by atoms with Crippen molar-refractivity contribution < 1.29 is 19.1 Å². The van der Waals surface area contributed by atoms with Crippen LogP contribution in [0.25, 0.3) is 0 Å². The monoisotopic (exact) mass is 206 g/mol. The number of ketones is 1. The molecular weight excluding hydrogens is 196 g/mol. The van der Waals surface area contributed by atoms with Crippen LogP contribution < -0.4 is 4.74 Å². The van der Waals surface area contributed by atoms with Crippen molar-refractivity contribution in [1.82, 2.24) is 0 Å². The van der Waals surface area contributed by atoms with Crippen molar-refractivity contribution in [2.45, 2.75) is 0 Å². The molecule has 4 heteroatoms. The molecule has 0 aliphatic carbocycles. The summed E-state index contributed by atoms with van der Waals surface area (Å²) in [7, 11) is 1.38. The van der Waals surface area contributed by atoms with Gasteiger partial charge in [-0.2, -0.15) is 0 Å².